The van der Waals surface area contributed by atoms with E-state index in [0.717, 1.165) is 0 Å². The summed E-state index contributed by atoms with van der Waals surface area (Å²) >= 11 is 0. The zero-order valence-electron chi connectivity index (χ0n) is 12.6. The van der Waals surface area contributed by atoms with E-state index >= 15 is 0 Å². The molecule has 0 spiro atoms. The Kier molecular flexibility index (Phi) is 8.74. The zero-order chi connectivity index (χ0) is 20.4. The second-order valence-corrected chi connectivity index (χ2v) is 4.08. The van der Waals surface area contributed by atoms with Crippen LogP contribution >= 0.6 is 0 Å². The van der Waals surface area contributed by atoms with Crippen LogP contribution in [0.5, 0.6) is 0 Å². The molecule has 0 amide bonds. The molecule has 0 radical (unpaired) electrons. The van der Waals surface area contributed by atoms with Crippen molar-refractivity contribution in [3.8, 4) is 0 Å². The van der Waals surface area contributed by atoms with E-state index in [-0.39, 0.29) is 0 Å². The number of aliphatic carboxylic acids is 2. The third-order valence-corrected chi connectivity index (χ3v) is 2.13. The first-order valence-corrected chi connectivity index (χ1v) is 6.35. The van der Waals surface area contributed by atoms with Crippen molar-refractivity contribution in [3.05, 3.63) is 61.2 Å². The lowest BCUT2D eigenvalue weighted by Gasteiger charge is -2.03. The van der Waals surface area contributed by atoms with E-state index < -0.39 is 24.3 Å². The Hall–Kier alpha value is -3.18. The minimum Gasteiger partial charge on any atom is -0.542 e. The average molecular weight is 384 g/mol. The van der Waals surface area contributed by atoms with Crippen molar-refractivity contribution in [2.24, 2.45) is 0 Å². The normalized spacial score (nSPS) is 10.5. The minimum absolute atomic E-state index is 2.00. The van der Waals surface area contributed by atoms with Crippen molar-refractivity contribution in [1.29, 1.82) is 0 Å². The smallest absolute Gasteiger partial charge is 0.430 e. The summed E-state index contributed by atoms with van der Waals surface area (Å²) in [5.74, 6) is -6.01. The molecule has 0 unspecified atom stereocenters. The van der Waals surface area contributed by atoms with Crippen LogP contribution in [0, 0.1) is 0 Å². The van der Waals surface area contributed by atoms with Gasteiger partial charge >= 0.3 is 12.4 Å². The minimum atomic E-state index is -5.19. The van der Waals surface area contributed by atoms with Crippen molar-refractivity contribution in [1.82, 2.24) is 0 Å². The van der Waals surface area contributed by atoms with E-state index in [4.69, 9.17) is 19.8 Å². The predicted molar refractivity (Wildman–Crippen MR) is 66.2 cm³/mol. The van der Waals surface area contributed by atoms with Gasteiger partial charge in [0, 0.05) is 24.3 Å². The maximum absolute atomic E-state index is 10.5. The van der Waals surface area contributed by atoms with Crippen LogP contribution in [0.1, 0.15) is 0 Å². The Bertz CT molecular complexity index is 629. The van der Waals surface area contributed by atoms with Gasteiger partial charge < -0.3 is 19.8 Å². The van der Waals surface area contributed by atoms with Gasteiger partial charge in [0.2, 0.25) is 24.8 Å². The first-order valence-electron chi connectivity index (χ1n) is 6.35. The number of rotatable bonds is 1. The number of alkyl halides is 6. The summed E-state index contributed by atoms with van der Waals surface area (Å²) in [6.07, 6.45) is -2.39. The summed E-state index contributed by atoms with van der Waals surface area (Å²) < 4.78 is 67.1. The Morgan fingerprint density at radius 2 is 0.769 bits per heavy atom. The lowest BCUT2D eigenvalue weighted by molar-refractivity contribution is -1.30. The molecule has 2 aromatic heterocycles. The number of carbonyl (C=O) groups is 2. The molecule has 0 fully saturated rings. The molecular formula is C14H10F6N2O4. The first-order chi connectivity index (χ1) is 11.9. The van der Waals surface area contributed by atoms with Crippen molar-refractivity contribution in [2.75, 3.05) is 0 Å². The SMILES string of the molecule is O=C([O-])C(F)(F)F.O=C([O-])C(F)(F)F.c1cc[n+](-[n+]2ccccc2)cc1. The molecule has 0 atom stereocenters. The van der Waals surface area contributed by atoms with Crippen molar-refractivity contribution in [3.63, 3.8) is 0 Å². The summed E-state index contributed by atoms with van der Waals surface area (Å²) in [7, 11) is 0. The predicted octanol–water partition coefficient (Wildman–Crippen LogP) is -0.830. The van der Waals surface area contributed by atoms with Gasteiger partial charge in [0.1, 0.15) is 11.9 Å². The quantitative estimate of drug-likeness (QED) is 0.474. The van der Waals surface area contributed by atoms with Gasteiger partial charge in [0.25, 0.3) is 0 Å². The number of nitrogens with zero attached hydrogens (tertiary/aromatic N) is 2. The van der Waals surface area contributed by atoms with Crippen LogP contribution in [-0.4, -0.2) is 24.3 Å². The number of halogens is 6. The third kappa shape index (κ3) is 9.85. The van der Waals surface area contributed by atoms with Crippen LogP contribution in [0.4, 0.5) is 26.3 Å². The highest BCUT2D eigenvalue weighted by Crippen LogP contribution is 2.12. The molecule has 142 valence electrons. The van der Waals surface area contributed by atoms with E-state index in [1.54, 1.807) is 0 Å². The number of carboxylic acid groups (broad SMARTS) is 2. The highest BCUT2D eigenvalue weighted by molar-refractivity contribution is 5.71. The number of carbonyl (C=O) groups excluding carboxylic acids is 2. The summed E-state index contributed by atoms with van der Waals surface area (Å²) in [5, 5.41) is 17.6. The summed E-state index contributed by atoms with van der Waals surface area (Å²) in [6.45, 7) is 0. The fraction of sp³-hybridized carbons (Fsp3) is 0.143. The van der Waals surface area contributed by atoms with Gasteiger partial charge in [0.15, 0.2) is 0 Å². The fourth-order valence-corrected chi connectivity index (χ4v) is 1.09. The van der Waals surface area contributed by atoms with Crippen LogP contribution in [0.3, 0.4) is 0 Å². The Balaban J connectivity index is 0.000000390. The van der Waals surface area contributed by atoms with Crippen LogP contribution in [0.2, 0.25) is 0 Å². The Labute approximate surface area is 142 Å². The number of pyridine rings is 2. The molecule has 6 nitrogen and oxygen atoms in total. The van der Waals surface area contributed by atoms with Gasteiger partial charge in [-0.1, -0.05) is 0 Å². The molecule has 2 aromatic rings. The lowest BCUT2D eigenvalue weighted by Crippen LogP contribution is -2.65. The molecule has 0 saturated carbocycles. The van der Waals surface area contributed by atoms with Crippen molar-refractivity contribution < 1.29 is 55.5 Å². The molecule has 0 aliphatic carbocycles. The van der Waals surface area contributed by atoms with Gasteiger partial charge in [-0.2, -0.15) is 26.3 Å². The summed E-state index contributed by atoms with van der Waals surface area (Å²) in [5.41, 5.74) is 0. The molecule has 0 aromatic carbocycles. The van der Waals surface area contributed by atoms with Crippen LogP contribution in [-0.2, 0) is 9.59 Å². The Morgan fingerprint density at radius 1 is 0.577 bits per heavy atom. The molecule has 0 saturated heterocycles. The topological polar surface area (TPSA) is 88.0 Å². The molecule has 12 heteroatoms. The van der Waals surface area contributed by atoms with Crippen LogP contribution in [0.15, 0.2) is 61.2 Å². The number of aromatic nitrogens is 2. The first kappa shape index (κ1) is 22.8. The summed E-state index contributed by atoms with van der Waals surface area (Å²) in [6, 6.07) is 12.0. The second kappa shape index (κ2) is 9.96. The maximum atomic E-state index is 10.5. The lowest BCUT2D eigenvalue weighted by atomic mass is 10.5. The van der Waals surface area contributed by atoms with Crippen LogP contribution in [0.25, 0.3) is 0 Å². The molecule has 0 N–H and O–H groups in total. The fourth-order valence-electron chi connectivity index (χ4n) is 1.09. The highest BCUT2D eigenvalue weighted by atomic mass is 19.4. The molecule has 26 heavy (non-hydrogen) atoms. The number of hydrogen-bond donors (Lipinski definition) is 0. The van der Waals surface area contributed by atoms with Crippen molar-refractivity contribution >= 4 is 11.9 Å². The molecule has 0 bridgehead atoms. The van der Waals surface area contributed by atoms with Gasteiger partial charge in [-0.3, -0.25) is 0 Å². The Morgan fingerprint density at radius 3 is 0.923 bits per heavy atom. The van der Waals surface area contributed by atoms with Gasteiger partial charge in [-0.15, -0.1) is 0 Å². The van der Waals surface area contributed by atoms with E-state index in [1.807, 2.05) is 70.5 Å². The molecule has 0 aliphatic heterocycles. The molecule has 2 rings (SSSR count). The van der Waals surface area contributed by atoms with E-state index in [1.165, 1.54) is 0 Å². The monoisotopic (exact) mass is 384 g/mol. The van der Waals surface area contributed by atoms with E-state index in [0.29, 0.717) is 0 Å². The van der Waals surface area contributed by atoms with Gasteiger partial charge in [-0.05, 0) is 12.1 Å². The molecule has 0 aliphatic rings. The standard InChI is InChI=1S/C10H10N2.2C2HF3O2/c1-3-7-11(8-4-1)12-9-5-2-6-10-12;2*3-2(4,5)1(6)7/h1-10H;2*(H,6,7)/q+2;;/p-2. The van der Waals surface area contributed by atoms with E-state index in [9.17, 15) is 26.3 Å². The zero-order valence-corrected chi connectivity index (χ0v) is 12.6. The maximum Gasteiger partial charge on any atom is 0.430 e. The van der Waals surface area contributed by atoms with Gasteiger partial charge in [0.05, 0.1) is 9.35 Å². The van der Waals surface area contributed by atoms with E-state index in [2.05, 4.69) is 0 Å². The third-order valence-electron chi connectivity index (χ3n) is 2.13. The summed E-state index contributed by atoms with van der Waals surface area (Å²) in [4.78, 5) is 17.6. The number of carboxylic acids is 2. The average Bonchev–Trinajstić information content (AvgIpc) is 2.56. The number of hydrogen-bond acceptors (Lipinski definition) is 4. The highest BCUT2D eigenvalue weighted by Gasteiger charge is 2.29. The van der Waals surface area contributed by atoms with Crippen molar-refractivity contribution in [2.45, 2.75) is 12.4 Å². The van der Waals surface area contributed by atoms with Gasteiger partial charge in [-0.25, -0.2) is 0 Å². The van der Waals surface area contributed by atoms with Crippen LogP contribution < -0.4 is 19.6 Å². The second-order valence-electron chi connectivity index (χ2n) is 4.08. The largest absolute Gasteiger partial charge is 0.542 e. The molecular weight excluding hydrogens is 374 g/mol. The molecule has 2 heterocycles.